The zero-order valence-electron chi connectivity index (χ0n) is 41.4. The van der Waals surface area contributed by atoms with Gasteiger partial charge < -0.3 is 4.42 Å². The molecule has 0 amide bonds. The van der Waals surface area contributed by atoms with Crippen LogP contribution in [0.25, 0.3) is 66.8 Å². The molecule has 1 aliphatic rings. The molecule has 0 bridgehead atoms. The van der Waals surface area contributed by atoms with Crippen molar-refractivity contribution in [2.75, 3.05) is 0 Å². The maximum Gasteiger partial charge on any atom is 0.144 e. The smallest absolute Gasteiger partial charge is 0.144 e. The van der Waals surface area contributed by atoms with Crippen LogP contribution in [0.1, 0.15) is 96.3 Å². The van der Waals surface area contributed by atoms with Crippen LogP contribution < -0.4 is 5.19 Å². The van der Waals surface area contributed by atoms with E-state index in [0.29, 0.717) is 5.92 Å². The van der Waals surface area contributed by atoms with E-state index in [1.165, 1.54) is 70.7 Å². The molecule has 6 heteroatoms. The summed E-state index contributed by atoms with van der Waals surface area (Å²) in [5.74, 6) is 0.653. The SMILES string of the molecule is CC(C)(C)c1cc(-c2ccc3c(c2)oc2c(-c4cc(C5CCCCC5)ccn4)cccc23)cc(C(C)(C)C)c1.C[Si](C)(C)c1ccc(-c2ccccc2)nc1.[Ir].c1ccc(-c2ccccn2)cc1. The van der Waals surface area contributed by atoms with Crippen molar-refractivity contribution in [2.45, 2.75) is 110 Å². The third-order valence-electron chi connectivity index (χ3n) is 13.1. The number of benzene rings is 5. The summed E-state index contributed by atoms with van der Waals surface area (Å²) in [5, 5.41) is 3.71. The van der Waals surface area contributed by atoms with Gasteiger partial charge in [0.2, 0.25) is 0 Å². The monoisotopic (exact) mass is 1090 g/mol. The van der Waals surface area contributed by atoms with Crippen LogP contribution in [0.15, 0.2) is 181 Å². The Morgan fingerprint density at radius 3 is 1.68 bits per heavy atom. The molecule has 0 spiro atoms. The predicted octanol–water partition coefficient (Wildman–Crippen LogP) is 17.0. The quantitative estimate of drug-likeness (QED) is 0.156. The van der Waals surface area contributed by atoms with E-state index in [1.54, 1.807) is 0 Å². The molecule has 0 unspecified atom stereocenters. The maximum atomic E-state index is 6.64. The van der Waals surface area contributed by atoms with Crippen LogP contribution in [0.2, 0.25) is 19.6 Å². The molecule has 0 aliphatic heterocycles. The summed E-state index contributed by atoms with van der Waals surface area (Å²) in [7, 11) is -1.22. The molecule has 4 nitrogen and oxygen atoms in total. The van der Waals surface area contributed by atoms with Crippen LogP contribution in [-0.4, -0.2) is 23.0 Å². The molecule has 5 aromatic carbocycles. The Morgan fingerprint density at radius 2 is 1.10 bits per heavy atom. The van der Waals surface area contributed by atoms with Gasteiger partial charge in [-0.3, -0.25) is 15.0 Å². The van der Waals surface area contributed by atoms with Crippen molar-refractivity contribution >= 4 is 35.2 Å². The van der Waals surface area contributed by atoms with Crippen molar-refractivity contribution < 1.29 is 24.5 Å². The van der Waals surface area contributed by atoms with Crippen LogP contribution in [0, 0.1) is 0 Å². The van der Waals surface area contributed by atoms with Crippen molar-refractivity contribution in [3.8, 4) is 44.9 Å². The first-order valence-corrected chi connectivity index (χ1v) is 27.7. The zero-order chi connectivity index (χ0) is 47.2. The molecule has 0 saturated heterocycles. The fourth-order valence-electron chi connectivity index (χ4n) is 8.88. The molecule has 4 aromatic heterocycles. The van der Waals surface area contributed by atoms with Crippen LogP contribution in [0.4, 0.5) is 0 Å². The number of pyridine rings is 3. The summed E-state index contributed by atoms with van der Waals surface area (Å²) in [6, 6.07) is 55.5. The number of fused-ring (bicyclic) bond motifs is 3. The number of hydrogen-bond acceptors (Lipinski definition) is 4. The summed E-state index contributed by atoms with van der Waals surface area (Å²) in [6.45, 7) is 20.8. The number of rotatable bonds is 6. The summed E-state index contributed by atoms with van der Waals surface area (Å²) >= 11 is 0. The molecule has 9 aromatic rings. The van der Waals surface area contributed by atoms with Crippen LogP contribution >= 0.6 is 0 Å². The van der Waals surface area contributed by atoms with Crippen LogP contribution in [0.3, 0.4) is 0 Å². The zero-order valence-corrected chi connectivity index (χ0v) is 44.8. The van der Waals surface area contributed by atoms with Crippen LogP contribution in [-0.2, 0) is 30.9 Å². The van der Waals surface area contributed by atoms with Gasteiger partial charge in [-0.25, -0.2) is 0 Å². The minimum Gasteiger partial charge on any atom is -0.455 e. The van der Waals surface area contributed by atoms with E-state index in [-0.39, 0.29) is 30.9 Å². The van der Waals surface area contributed by atoms with E-state index >= 15 is 0 Å². The first kappa shape index (κ1) is 50.1. The second kappa shape index (κ2) is 21.7. The van der Waals surface area contributed by atoms with Gasteiger partial charge in [0, 0.05) is 66.2 Å². The van der Waals surface area contributed by atoms with Crippen molar-refractivity contribution in [2.24, 2.45) is 0 Å². The standard InChI is InChI=1S/C37H41NO.C14H17NSi.C11H9N.Ir/c1-36(2,3)28-19-27(20-29(23-28)37(4,5)6)25-15-16-30-31-13-10-14-32(35(31)39-34(30)22-25)33-21-26(17-18-38-33)24-11-8-7-9-12-24;1-16(2,3)13-9-10-14(15-11-13)12-7-5-4-6-8-12;1-2-6-10(7-3-1)11-8-4-5-9-12-11;/h10,13-24H,7-9,11-12H2,1-6H3;4-11H,1-3H3;1-9H;. The Hall–Kier alpha value is -5.78. The minimum absolute atomic E-state index is 0. The predicted molar refractivity (Wildman–Crippen MR) is 288 cm³/mol. The minimum atomic E-state index is -1.22. The third kappa shape index (κ3) is 12.3. The van der Waals surface area contributed by atoms with Crippen molar-refractivity contribution in [1.82, 2.24) is 15.0 Å². The third-order valence-corrected chi connectivity index (χ3v) is 15.1. The molecule has 1 radical (unpaired) electrons. The van der Waals surface area contributed by atoms with Gasteiger partial charge in [0.25, 0.3) is 0 Å². The molecule has 1 saturated carbocycles. The molecule has 10 rings (SSSR count). The van der Waals surface area contributed by atoms with Gasteiger partial charge >= 0.3 is 0 Å². The van der Waals surface area contributed by atoms with E-state index in [1.807, 2.05) is 73.2 Å². The van der Waals surface area contributed by atoms with E-state index in [4.69, 9.17) is 9.40 Å². The first-order valence-electron chi connectivity index (χ1n) is 24.2. The van der Waals surface area contributed by atoms with Gasteiger partial charge in [0.1, 0.15) is 11.2 Å². The van der Waals surface area contributed by atoms with Crippen molar-refractivity contribution in [3.63, 3.8) is 0 Å². The van der Waals surface area contributed by atoms with Gasteiger partial charge in [-0.2, -0.15) is 0 Å². The van der Waals surface area contributed by atoms with E-state index in [0.717, 1.165) is 50.1 Å². The van der Waals surface area contributed by atoms with Crippen molar-refractivity contribution in [3.05, 3.63) is 193 Å². The Labute approximate surface area is 420 Å². The van der Waals surface area contributed by atoms with Gasteiger partial charge in [-0.1, -0.05) is 190 Å². The molecule has 1 fully saturated rings. The summed E-state index contributed by atoms with van der Waals surface area (Å²) < 4.78 is 6.64. The fraction of sp³-hybridized carbons (Fsp3) is 0.274. The van der Waals surface area contributed by atoms with Gasteiger partial charge in [0.05, 0.1) is 25.2 Å². The summed E-state index contributed by atoms with van der Waals surface area (Å²) in [5.41, 5.74) is 15.1. The van der Waals surface area contributed by atoms with E-state index in [2.05, 4.69) is 174 Å². The largest absolute Gasteiger partial charge is 0.455 e. The second-order valence-corrected chi connectivity index (χ2v) is 26.3. The Kier molecular flexibility index (Phi) is 16.0. The second-order valence-electron chi connectivity index (χ2n) is 21.2. The van der Waals surface area contributed by atoms with Crippen LogP contribution in [0.5, 0.6) is 0 Å². The number of para-hydroxylation sites is 1. The summed E-state index contributed by atoms with van der Waals surface area (Å²) in [6.07, 6.45) is 12.4. The van der Waals surface area contributed by atoms with E-state index in [9.17, 15) is 0 Å². The van der Waals surface area contributed by atoms with Crippen molar-refractivity contribution in [1.29, 1.82) is 0 Å². The van der Waals surface area contributed by atoms with Gasteiger partial charge in [0.15, 0.2) is 0 Å². The molecule has 68 heavy (non-hydrogen) atoms. The summed E-state index contributed by atoms with van der Waals surface area (Å²) in [4.78, 5) is 13.6. The molecule has 1 aliphatic carbocycles. The molecule has 349 valence electrons. The number of nitrogens with zero attached hydrogens (tertiary/aromatic N) is 3. The fourth-order valence-corrected chi connectivity index (χ4v) is 9.92. The molecule has 4 heterocycles. The topological polar surface area (TPSA) is 51.8 Å². The normalized spacial score (nSPS) is 13.2. The number of furan rings is 1. The van der Waals surface area contributed by atoms with Gasteiger partial charge in [-0.05, 0) is 111 Å². The average molecular weight is 1090 g/mol. The number of hydrogen-bond donors (Lipinski definition) is 0. The first-order chi connectivity index (χ1) is 32.1. The molecular weight excluding hydrogens is 1020 g/mol. The molecule has 0 N–H and O–H groups in total. The average Bonchev–Trinajstić information content (AvgIpc) is 3.73. The van der Waals surface area contributed by atoms with Gasteiger partial charge in [-0.15, -0.1) is 0 Å². The van der Waals surface area contributed by atoms with E-state index < -0.39 is 8.07 Å². The Bertz CT molecular complexity index is 2960. The maximum absolute atomic E-state index is 6.64. The number of aromatic nitrogens is 3. The Balaban J connectivity index is 0.000000192. The Morgan fingerprint density at radius 1 is 0.485 bits per heavy atom. The molecule has 0 atom stereocenters. The molecular formula is C62H67IrN3OSi.